The Morgan fingerprint density at radius 3 is 2.45 bits per heavy atom. The minimum absolute atomic E-state index is 0.635. The number of hydrogen-bond donors (Lipinski definition) is 1. The van der Waals surface area contributed by atoms with Crippen molar-refractivity contribution in [1.82, 2.24) is 14.9 Å². The van der Waals surface area contributed by atoms with Crippen molar-refractivity contribution in [3.63, 3.8) is 0 Å². The molecule has 2 heterocycles. The Morgan fingerprint density at radius 1 is 1.20 bits per heavy atom. The van der Waals surface area contributed by atoms with E-state index in [1.807, 2.05) is 13.8 Å². The van der Waals surface area contributed by atoms with Gasteiger partial charge in [0.05, 0.1) is 0 Å². The fourth-order valence-corrected chi connectivity index (χ4v) is 3.01. The second-order valence-electron chi connectivity index (χ2n) is 5.58. The van der Waals surface area contributed by atoms with Gasteiger partial charge in [-0.15, -0.1) is 0 Å². The van der Waals surface area contributed by atoms with Crippen LogP contribution in [0.1, 0.15) is 31.3 Å². The molecule has 5 heteroatoms. The van der Waals surface area contributed by atoms with Crippen LogP contribution in [0.3, 0.4) is 0 Å². The molecule has 2 rings (SSSR count). The first-order chi connectivity index (χ1) is 9.63. The van der Waals surface area contributed by atoms with Gasteiger partial charge in [0, 0.05) is 44.0 Å². The molecule has 0 amide bonds. The molecule has 1 aromatic rings. The van der Waals surface area contributed by atoms with Crippen molar-refractivity contribution in [3.8, 4) is 0 Å². The lowest BCUT2D eigenvalue weighted by Crippen LogP contribution is -2.51. The largest absolute Gasteiger partial charge is 0.354 e. The lowest BCUT2D eigenvalue weighted by atomic mass is 10.1. The molecule has 1 aromatic heterocycles. The maximum atomic E-state index is 5.71. The molecule has 0 aromatic carbocycles. The monoisotopic (exact) mass is 277 g/mol. The highest BCUT2D eigenvalue weighted by Crippen LogP contribution is 2.17. The molecule has 1 unspecified atom stereocenters. The van der Waals surface area contributed by atoms with Crippen LogP contribution >= 0.6 is 0 Å². The van der Waals surface area contributed by atoms with E-state index >= 15 is 0 Å². The first-order valence-corrected chi connectivity index (χ1v) is 7.65. The average molecular weight is 277 g/mol. The highest BCUT2D eigenvalue weighted by atomic mass is 15.3. The fourth-order valence-electron chi connectivity index (χ4n) is 3.01. The van der Waals surface area contributed by atoms with Crippen molar-refractivity contribution in [1.29, 1.82) is 0 Å². The van der Waals surface area contributed by atoms with Gasteiger partial charge in [-0.1, -0.05) is 6.92 Å². The SMILES string of the molecule is CCC(CCN)N1CCN(c2cc(C)nc(C)n2)CC1. The summed E-state index contributed by atoms with van der Waals surface area (Å²) in [5.74, 6) is 1.93. The van der Waals surface area contributed by atoms with Crippen LogP contribution in [0.25, 0.3) is 0 Å². The van der Waals surface area contributed by atoms with E-state index in [1.54, 1.807) is 0 Å². The van der Waals surface area contributed by atoms with Crippen LogP contribution in [0.2, 0.25) is 0 Å². The van der Waals surface area contributed by atoms with Gasteiger partial charge in [-0.2, -0.15) is 0 Å². The van der Waals surface area contributed by atoms with Gasteiger partial charge in [0.1, 0.15) is 11.6 Å². The summed E-state index contributed by atoms with van der Waals surface area (Å²) in [5.41, 5.74) is 6.76. The summed E-state index contributed by atoms with van der Waals surface area (Å²) >= 11 is 0. The summed E-state index contributed by atoms with van der Waals surface area (Å²) in [6, 6.07) is 2.72. The highest BCUT2D eigenvalue weighted by molar-refractivity contribution is 5.40. The van der Waals surface area contributed by atoms with Crippen LogP contribution in [-0.4, -0.2) is 53.6 Å². The van der Waals surface area contributed by atoms with Crippen LogP contribution < -0.4 is 10.6 Å². The molecule has 1 aliphatic heterocycles. The van der Waals surface area contributed by atoms with Crippen molar-refractivity contribution < 1.29 is 0 Å². The lowest BCUT2D eigenvalue weighted by Gasteiger charge is -2.39. The fraction of sp³-hybridized carbons (Fsp3) is 0.733. The summed E-state index contributed by atoms with van der Waals surface area (Å²) < 4.78 is 0. The zero-order chi connectivity index (χ0) is 14.5. The predicted molar refractivity (Wildman–Crippen MR) is 83.0 cm³/mol. The summed E-state index contributed by atoms with van der Waals surface area (Å²) in [4.78, 5) is 13.9. The third kappa shape index (κ3) is 3.67. The first-order valence-electron chi connectivity index (χ1n) is 7.65. The van der Waals surface area contributed by atoms with Gasteiger partial charge in [-0.05, 0) is 33.2 Å². The maximum absolute atomic E-state index is 5.71. The van der Waals surface area contributed by atoms with E-state index in [9.17, 15) is 0 Å². The summed E-state index contributed by atoms with van der Waals surface area (Å²) in [6.07, 6.45) is 2.28. The van der Waals surface area contributed by atoms with E-state index in [4.69, 9.17) is 5.73 Å². The average Bonchev–Trinajstić information content (AvgIpc) is 2.44. The van der Waals surface area contributed by atoms with Crippen molar-refractivity contribution in [2.45, 2.75) is 39.7 Å². The van der Waals surface area contributed by atoms with Gasteiger partial charge in [0.2, 0.25) is 0 Å². The third-order valence-electron chi connectivity index (χ3n) is 4.08. The molecule has 5 nitrogen and oxygen atoms in total. The molecular formula is C15H27N5. The van der Waals surface area contributed by atoms with Gasteiger partial charge < -0.3 is 10.6 Å². The first kappa shape index (κ1) is 15.2. The summed E-state index contributed by atoms with van der Waals surface area (Å²) in [6.45, 7) is 11.3. The third-order valence-corrected chi connectivity index (χ3v) is 4.08. The molecule has 0 aliphatic carbocycles. The summed E-state index contributed by atoms with van der Waals surface area (Å²) in [5, 5.41) is 0. The molecule has 0 saturated carbocycles. The summed E-state index contributed by atoms with van der Waals surface area (Å²) in [7, 11) is 0. The van der Waals surface area contributed by atoms with Crippen LogP contribution in [0.5, 0.6) is 0 Å². The van der Waals surface area contributed by atoms with E-state index in [1.165, 1.54) is 6.42 Å². The van der Waals surface area contributed by atoms with E-state index in [0.29, 0.717) is 6.04 Å². The van der Waals surface area contributed by atoms with Crippen molar-refractivity contribution in [2.75, 3.05) is 37.6 Å². The Labute approximate surface area is 122 Å². The van der Waals surface area contributed by atoms with Crippen LogP contribution in [0.4, 0.5) is 5.82 Å². The molecule has 0 spiro atoms. The van der Waals surface area contributed by atoms with Crippen molar-refractivity contribution in [3.05, 3.63) is 17.6 Å². The smallest absolute Gasteiger partial charge is 0.132 e. The topological polar surface area (TPSA) is 58.3 Å². The van der Waals surface area contributed by atoms with Crippen molar-refractivity contribution >= 4 is 5.82 Å². The van der Waals surface area contributed by atoms with E-state index in [2.05, 4.69) is 32.8 Å². The van der Waals surface area contributed by atoms with Crippen LogP contribution in [-0.2, 0) is 0 Å². The van der Waals surface area contributed by atoms with Gasteiger partial charge >= 0.3 is 0 Å². The molecule has 2 N–H and O–H groups in total. The molecule has 112 valence electrons. The maximum Gasteiger partial charge on any atom is 0.132 e. The number of anilines is 1. The van der Waals surface area contributed by atoms with Crippen LogP contribution in [0.15, 0.2) is 6.07 Å². The van der Waals surface area contributed by atoms with Gasteiger partial charge in [0.15, 0.2) is 0 Å². The zero-order valence-corrected chi connectivity index (χ0v) is 13.0. The van der Waals surface area contributed by atoms with Crippen LogP contribution in [0, 0.1) is 13.8 Å². The van der Waals surface area contributed by atoms with E-state index < -0.39 is 0 Å². The lowest BCUT2D eigenvalue weighted by molar-refractivity contribution is 0.173. The molecule has 20 heavy (non-hydrogen) atoms. The molecule has 1 fully saturated rings. The number of aromatic nitrogens is 2. The Kier molecular flexibility index (Phi) is 5.31. The van der Waals surface area contributed by atoms with Crippen molar-refractivity contribution in [2.24, 2.45) is 5.73 Å². The Hall–Kier alpha value is -1.20. The number of hydrogen-bond acceptors (Lipinski definition) is 5. The molecule has 0 bridgehead atoms. The number of nitrogens with zero attached hydrogens (tertiary/aromatic N) is 4. The number of nitrogens with two attached hydrogens (primary N) is 1. The van der Waals surface area contributed by atoms with Gasteiger partial charge in [0.25, 0.3) is 0 Å². The number of aryl methyl sites for hydroxylation is 2. The van der Waals surface area contributed by atoms with E-state index in [0.717, 1.165) is 56.5 Å². The standard InChI is InChI=1S/C15H27N5/c1-4-14(5-6-16)19-7-9-20(10-8-19)15-11-12(2)17-13(3)18-15/h11,14H,4-10,16H2,1-3H3. The number of piperazine rings is 1. The Morgan fingerprint density at radius 2 is 1.90 bits per heavy atom. The highest BCUT2D eigenvalue weighted by Gasteiger charge is 2.23. The molecular weight excluding hydrogens is 250 g/mol. The molecule has 1 aliphatic rings. The quantitative estimate of drug-likeness (QED) is 0.880. The Bertz CT molecular complexity index is 406. The second-order valence-corrected chi connectivity index (χ2v) is 5.58. The molecule has 0 radical (unpaired) electrons. The minimum Gasteiger partial charge on any atom is -0.354 e. The number of rotatable bonds is 5. The molecule has 1 saturated heterocycles. The normalized spacial score (nSPS) is 18.3. The Balaban J connectivity index is 1.96. The van der Waals surface area contributed by atoms with E-state index in [-0.39, 0.29) is 0 Å². The van der Waals surface area contributed by atoms with Gasteiger partial charge in [-0.3, -0.25) is 4.90 Å². The predicted octanol–water partition coefficient (Wildman–Crippen LogP) is 1.34. The van der Waals surface area contributed by atoms with Gasteiger partial charge in [-0.25, -0.2) is 9.97 Å². The molecule has 1 atom stereocenters. The zero-order valence-electron chi connectivity index (χ0n) is 13.0. The second kappa shape index (κ2) is 6.99. The minimum atomic E-state index is 0.635.